The molecule has 4 heteroatoms. The highest BCUT2D eigenvalue weighted by Gasteiger charge is 2.20. The molecule has 4 nitrogen and oxygen atoms in total. The van der Waals surface area contributed by atoms with E-state index in [4.69, 9.17) is 4.74 Å². The van der Waals surface area contributed by atoms with E-state index in [0.717, 1.165) is 50.2 Å². The van der Waals surface area contributed by atoms with Gasteiger partial charge in [-0.05, 0) is 50.7 Å². The third-order valence-electron chi connectivity index (χ3n) is 3.63. The van der Waals surface area contributed by atoms with E-state index in [0.29, 0.717) is 0 Å². The minimum atomic E-state index is 0.763. The number of rotatable bonds is 8. The van der Waals surface area contributed by atoms with Gasteiger partial charge in [-0.2, -0.15) is 0 Å². The van der Waals surface area contributed by atoms with Gasteiger partial charge < -0.3 is 15.4 Å². The number of aliphatic imine (C=N–C) groups is 1. The molecule has 2 N–H and O–H groups in total. The second-order valence-electron chi connectivity index (χ2n) is 5.69. The van der Waals surface area contributed by atoms with Gasteiger partial charge >= 0.3 is 0 Å². The van der Waals surface area contributed by atoms with Gasteiger partial charge in [0.05, 0.1) is 6.61 Å². The zero-order valence-electron chi connectivity index (χ0n) is 13.2. The third-order valence-corrected chi connectivity index (χ3v) is 3.63. The number of aryl methyl sites for hydroxylation is 1. The largest absolute Gasteiger partial charge is 0.494 e. The summed E-state index contributed by atoms with van der Waals surface area (Å²) >= 11 is 0. The second-order valence-corrected chi connectivity index (χ2v) is 5.69. The molecular weight excluding hydrogens is 262 g/mol. The number of nitrogens with zero attached hydrogens (tertiary/aromatic N) is 1. The minimum absolute atomic E-state index is 0.763. The molecule has 21 heavy (non-hydrogen) atoms. The van der Waals surface area contributed by atoms with Crippen LogP contribution < -0.4 is 15.4 Å². The second kappa shape index (κ2) is 8.55. The lowest BCUT2D eigenvalue weighted by Crippen LogP contribution is -2.38. The van der Waals surface area contributed by atoms with Crippen LogP contribution in [0, 0.1) is 12.8 Å². The molecule has 0 heterocycles. The van der Waals surface area contributed by atoms with Crippen LogP contribution in [0.3, 0.4) is 0 Å². The molecule has 0 saturated heterocycles. The topological polar surface area (TPSA) is 45.7 Å². The van der Waals surface area contributed by atoms with Gasteiger partial charge in [0.25, 0.3) is 0 Å². The molecule has 1 fully saturated rings. The van der Waals surface area contributed by atoms with E-state index < -0.39 is 0 Å². The number of guanidine groups is 1. The van der Waals surface area contributed by atoms with Gasteiger partial charge in [0.15, 0.2) is 5.96 Å². The third kappa shape index (κ3) is 6.52. The van der Waals surface area contributed by atoms with Crippen molar-refractivity contribution in [2.24, 2.45) is 10.9 Å². The van der Waals surface area contributed by atoms with Gasteiger partial charge in [0.1, 0.15) is 5.75 Å². The summed E-state index contributed by atoms with van der Waals surface area (Å²) in [7, 11) is 1.82. The average molecular weight is 289 g/mol. The van der Waals surface area contributed by atoms with Crippen molar-refractivity contribution in [3.8, 4) is 5.75 Å². The van der Waals surface area contributed by atoms with Crippen molar-refractivity contribution >= 4 is 5.96 Å². The van der Waals surface area contributed by atoms with E-state index >= 15 is 0 Å². The Bertz CT molecular complexity index is 438. The molecule has 0 amide bonds. The Balaban J connectivity index is 1.49. The van der Waals surface area contributed by atoms with Gasteiger partial charge in [-0.15, -0.1) is 0 Å². The van der Waals surface area contributed by atoms with Crippen molar-refractivity contribution in [2.45, 2.75) is 32.6 Å². The fraction of sp³-hybridized carbons (Fsp3) is 0.588. The smallest absolute Gasteiger partial charge is 0.190 e. The Labute approximate surface area is 128 Å². The molecule has 0 aromatic heterocycles. The zero-order valence-corrected chi connectivity index (χ0v) is 13.2. The van der Waals surface area contributed by atoms with Crippen molar-refractivity contribution < 1.29 is 4.74 Å². The number of hydrogen-bond donors (Lipinski definition) is 2. The first-order chi connectivity index (χ1) is 10.3. The van der Waals surface area contributed by atoms with Crippen LogP contribution in [-0.2, 0) is 0 Å². The monoisotopic (exact) mass is 289 g/mol. The first-order valence-corrected chi connectivity index (χ1v) is 7.92. The van der Waals surface area contributed by atoms with Crippen LogP contribution in [0.1, 0.15) is 31.2 Å². The Morgan fingerprint density at radius 1 is 1.19 bits per heavy atom. The van der Waals surface area contributed by atoms with Gasteiger partial charge in [-0.25, -0.2) is 0 Å². The van der Waals surface area contributed by atoms with E-state index in [1.165, 1.54) is 18.4 Å². The van der Waals surface area contributed by atoms with Gasteiger partial charge in [-0.3, -0.25) is 4.99 Å². The molecule has 0 bridgehead atoms. The van der Waals surface area contributed by atoms with Crippen LogP contribution in [0.4, 0.5) is 0 Å². The summed E-state index contributed by atoms with van der Waals surface area (Å²) in [6.45, 7) is 4.83. The highest BCUT2D eigenvalue weighted by atomic mass is 16.5. The first-order valence-electron chi connectivity index (χ1n) is 7.92. The number of hydrogen-bond acceptors (Lipinski definition) is 2. The van der Waals surface area contributed by atoms with E-state index in [-0.39, 0.29) is 0 Å². The zero-order chi connectivity index (χ0) is 14.9. The summed E-state index contributed by atoms with van der Waals surface area (Å²) in [5.41, 5.74) is 1.26. The lowest BCUT2D eigenvalue weighted by atomic mass is 10.2. The van der Waals surface area contributed by atoms with Crippen molar-refractivity contribution in [3.05, 3.63) is 29.8 Å². The number of nitrogens with one attached hydrogen (secondary N) is 2. The molecule has 2 rings (SSSR count). The predicted molar refractivity (Wildman–Crippen MR) is 88.0 cm³/mol. The van der Waals surface area contributed by atoms with E-state index in [2.05, 4.69) is 34.7 Å². The quantitative estimate of drug-likeness (QED) is 0.439. The van der Waals surface area contributed by atoms with Gasteiger partial charge in [0.2, 0.25) is 0 Å². The Hall–Kier alpha value is -1.71. The molecule has 0 aliphatic heterocycles. The Morgan fingerprint density at radius 3 is 2.62 bits per heavy atom. The van der Waals surface area contributed by atoms with E-state index in [1.54, 1.807) is 0 Å². The highest BCUT2D eigenvalue weighted by molar-refractivity contribution is 5.79. The highest BCUT2D eigenvalue weighted by Crippen LogP contribution is 2.27. The maximum Gasteiger partial charge on any atom is 0.190 e. The number of benzene rings is 1. The standard InChI is InChI=1S/C17H27N3O/c1-14-5-9-16(10-6-14)21-12-4-3-11-19-17(18-2)20-13-15-7-8-15/h5-6,9-10,15H,3-4,7-8,11-13H2,1-2H3,(H2,18,19,20). The first kappa shape index (κ1) is 15.7. The number of ether oxygens (including phenoxy) is 1. The van der Waals surface area contributed by atoms with Crippen molar-refractivity contribution in [1.82, 2.24) is 10.6 Å². The average Bonchev–Trinajstić information content (AvgIpc) is 3.32. The lowest BCUT2D eigenvalue weighted by molar-refractivity contribution is 0.307. The minimum Gasteiger partial charge on any atom is -0.494 e. The Kier molecular flexibility index (Phi) is 6.38. The van der Waals surface area contributed by atoms with Crippen LogP contribution in [0.25, 0.3) is 0 Å². The van der Waals surface area contributed by atoms with Crippen molar-refractivity contribution in [2.75, 3.05) is 26.7 Å². The summed E-state index contributed by atoms with van der Waals surface area (Å²) in [6.07, 6.45) is 4.84. The predicted octanol–water partition coefficient (Wildman–Crippen LogP) is 2.73. The SMILES string of the molecule is CN=C(NCCCCOc1ccc(C)cc1)NCC1CC1. The summed E-state index contributed by atoms with van der Waals surface area (Å²) < 4.78 is 5.71. The number of unbranched alkanes of at least 4 members (excludes halogenated alkanes) is 1. The molecule has 0 unspecified atom stereocenters. The maximum atomic E-state index is 5.71. The molecular formula is C17H27N3O. The van der Waals surface area contributed by atoms with Crippen LogP contribution >= 0.6 is 0 Å². The molecule has 116 valence electrons. The molecule has 1 aromatic carbocycles. The fourth-order valence-electron chi connectivity index (χ4n) is 2.04. The van der Waals surface area contributed by atoms with Crippen molar-refractivity contribution in [1.29, 1.82) is 0 Å². The van der Waals surface area contributed by atoms with Crippen molar-refractivity contribution in [3.63, 3.8) is 0 Å². The molecule has 1 aromatic rings. The normalized spacial score (nSPS) is 14.9. The molecule has 0 atom stereocenters. The lowest BCUT2D eigenvalue weighted by Gasteiger charge is -2.11. The molecule has 0 spiro atoms. The van der Waals surface area contributed by atoms with E-state index in [9.17, 15) is 0 Å². The van der Waals surface area contributed by atoms with Crippen LogP contribution in [0.2, 0.25) is 0 Å². The van der Waals surface area contributed by atoms with Crippen LogP contribution in [0.15, 0.2) is 29.3 Å². The Morgan fingerprint density at radius 2 is 1.95 bits per heavy atom. The summed E-state index contributed by atoms with van der Waals surface area (Å²) in [6, 6.07) is 8.20. The molecule has 0 radical (unpaired) electrons. The van der Waals surface area contributed by atoms with Crippen LogP contribution in [-0.4, -0.2) is 32.7 Å². The fourth-order valence-corrected chi connectivity index (χ4v) is 2.04. The van der Waals surface area contributed by atoms with Gasteiger partial charge in [-0.1, -0.05) is 17.7 Å². The van der Waals surface area contributed by atoms with Gasteiger partial charge in [0, 0.05) is 20.1 Å². The molecule has 1 saturated carbocycles. The molecule has 1 aliphatic rings. The summed E-state index contributed by atoms with van der Waals surface area (Å²) in [5.74, 6) is 2.74. The van der Waals surface area contributed by atoms with Crippen LogP contribution in [0.5, 0.6) is 5.75 Å². The summed E-state index contributed by atoms with van der Waals surface area (Å²) in [5, 5.41) is 6.70. The van der Waals surface area contributed by atoms with E-state index in [1.807, 2.05) is 19.2 Å². The molecule has 1 aliphatic carbocycles. The maximum absolute atomic E-state index is 5.71. The summed E-state index contributed by atoms with van der Waals surface area (Å²) in [4.78, 5) is 4.22.